The summed E-state index contributed by atoms with van der Waals surface area (Å²) in [4.78, 5) is 14.4. The summed E-state index contributed by atoms with van der Waals surface area (Å²) in [6, 6.07) is 1.17. The molecule has 2 rings (SSSR count). The molecule has 0 spiro atoms. The molecule has 1 heterocycles. The molecule has 5 atom stereocenters. The molecule has 0 radical (unpaired) electrons. The fraction of sp³-hybridized carbons (Fsp3) is 0.947. The lowest BCUT2D eigenvalue weighted by Gasteiger charge is -2.44. The first kappa shape index (κ1) is 18.6. The van der Waals surface area contributed by atoms with Crippen LogP contribution in [0.3, 0.4) is 0 Å². The van der Waals surface area contributed by atoms with Crippen molar-refractivity contribution < 1.29 is 9.53 Å². The molecule has 0 aromatic heterocycles. The minimum Gasteiger partial charge on any atom is -0.444 e. The molecule has 134 valence electrons. The maximum absolute atomic E-state index is 12.5. The van der Waals surface area contributed by atoms with Crippen LogP contribution in [0.5, 0.6) is 0 Å². The lowest BCUT2D eigenvalue weighted by atomic mass is 9.79. The molecular weight excluding hydrogens is 288 g/mol. The van der Waals surface area contributed by atoms with Gasteiger partial charge in [0.05, 0.1) is 0 Å². The smallest absolute Gasteiger partial charge is 0.410 e. The van der Waals surface area contributed by atoms with Crippen molar-refractivity contribution in [3.8, 4) is 0 Å². The van der Waals surface area contributed by atoms with Crippen molar-refractivity contribution in [2.75, 3.05) is 6.54 Å². The van der Waals surface area contributed by atoms with Crippen molar-refractivity contribution in [3.05, 3.63) is 0 Å². The number of likely N-dealkylation sites (tertiary alicyclic amines) is 1. The van der Waals surface area contributed by atoms with E-state index in [4.69, 9.17) is 4.74 Å². The van der Waals surface area contributed by atoms with Gasteiger partial charge in [0.2, 0.25) is 0 Å². The number of amides is 1. The van der Waals surface area contributed by atoms with Crippen molar-refractivity contribution in [1.29, 1.82) is 0 Å². The van der Waals surface area contributed by atoms with Crippen LogP contribution in [0, 0.1) is 11.8 Å². The normalized spacial score (nSPS) is 35.9. The van der Waals surface area contributed by atoms with E-state index in [2.05, 4.69) is 26.1 Å². The molecule has 1 saturated heterocycles. The Labute approximate surface area is 142 Å². The van der Waals surface area contributed by atoms with Gasteiger partial charge in [-0.3, -0.25) is 0 Å². The maximum Gasteiger partial charge on any atom is 0.410 e. The number of carbonyl (C=O) groups excluding carboxylic acids is 1. The molecule has 1 aliphatic carbocycles. The molecule has 5 unspecified atom stereocenters. The Morgan fingerprint density at radius 1 is 1.09 bits per heavy atom. The number of carbonyl (C=O) groups is 1. The van der Waals surface area contributed by atoms with Gasteiger partial charge in [-0.1, -0.05) is 20.3 Å². The van der Waals surface area contributed by atoms with E-state index < -0.39 is 5.60 Å². The Hall–Kier alpha value is -0.770. The summed E-state index contributed by atoms with van der Waals surface area (Å²) in [6.45, 7) is 13.5. The minimum absolute atomic E-state index is 0.165. The summed E-state index contributed by atoms with van der Waals surface area (Å²) in [7, 11) is 0. The highest BCUT2D eigenvalue weighted by molar-refractivity contribution is 5.68. The Bertz CT molecular complexity index is 405. The number of hydrogen-bond acceptors (Lipinski definition) is 3. The second kappa shape index (κ2) is 7.42. The van der Waals surface area contributed by atoms with E-state index in [-0.39, 0.29) is 12.1 Å². The molecule has 0 aromatic rings. The molecule has 0 aromatic carbocycles. The first-order chi connectivity index (χ1) is 10.7. The number of nitrogens with zero attached hydrogens (tertiary/aromatic N) is 1. The van der Waals surface area contributed by atoms with Crippen LogP contribution in [0.2, 0.25) is 0 Å². The Morgan fingerprint density at radius 3 is 2.43 bits per heavy atom. The Balaban J connectivity index is 1.96. The predicted octanol–water partition coefficient (Wildman–Crippen LogP) is 4.19. The summed E-state index contributed by atoms with van der Waals surface area (Å²) in [5, 5.41) is 3.89. The molecular formula is C19H36N2O2. The molecule has 0 bridgehead atoms. The van der Waals surface area contributed by atoms with Gasteiger partial charge in [0.25, 0.3) is 0 Å². The maximum atomic E-state index is 12.5. The van der Waals surface area contributed by atoms with Gasteiger partial charge in [-0.15, -0.1) is 0 Å². The molecule has 1 amide bonds. The van der Waals surface area contributed by atoms with Crippen LogP contribution >= 0.6 is 0 Å². The third kappa shape index (κ3) is 5.10. The minimum atomic E-state index is -0.426. The summed E-state index contributed by atoms with van der Waals surface area (Å²) >= 11 is 0. The fourth-order valence-electron chi connectivity index (χ4n) is 3.98. The quantitative estimate of drug-likeness (QED) is 0.828. The zero-order valence-electron chi connectivity index (χ0n) is 15.9. The highest BCUT2D eigenvalue weighted by Crippen LogP contribution is 2.30. The van der Waals surface area contributed by atoms with Crippen LogP contribution in [-0.2, 0) is 4.74 Å². The zero-order valence-corrected chi connectivity index (χ0v) is 15.9. The van der Waals surface area contributed by atoms with Gasteiger partial charge in [-0.2, -0.15) is 0 Å². The van der Waals surface area contributed by atoms with E-state index in [1.807, 2.05) is 25.7 Å². The van der Waals surface area contributed by atoms with Crippen LogP contribution in [-0.4, -0.2) is 41.3 Å². The third-order valence-corrected chi connectivity index (χ3v) is 5.50. The summed E-state index contributed by atoms with van der Waals surface area (Å²) in [5.41, 5.74) is -0.426. The van der Waals surface area contributed by atoms with E-state index in [9.17, 15) is 4.79 Å². The van der Waals surface area contributed by atoms with Crippen molar-refractivity contribution in [2.24, 2.45) is 11.8 Å². The van der Waals surface area contributed by atoms with Gasteiger partial charge in [-0.25, -0.2) is 4.79 Å². The first-order valence-electron chi connectivity index (χ1n) is 9.43. The first-order valence-corrected chi connectivity index (χ1v) is 9.43. The highest BCUT2D eigenvalue weighted by Gasteiger charge is 2.36. The average Bonchev–Trinajstić information content (AvgIpc) is 2.43. The van der Waals surface area contributed by atoms with E-state index in [1.54, 1.807) is 0 Å². The van der Waals surface area contributed by atoms with Gasteiger partial charge >= 0.3 is 6.09 Å². The lowest BCUT2D eigenvalue weighted by molar-refractivity contribution is 0.00508. The van der Waals surface area contributed by atoms with Crippen LogP contribution in [0.4, 0.5) is 4.79 Å². The lowest BCUT2D eigenvalue weighted by Crippen LogP contribution is -2.58. The summed E-state index contributed by atoms with van der Waals surface area (Å²) < 4.78 is 5.58. The van der Waals surface area contributed by atoms with Gasteiger partial charge in [0, 0.05) is 24.7 Å². The van der Waals surface area contributed by atoms with Crippen molar-refractivity contribution in [1.82, 2.24) is 10.2 Å². The number of piperidine rings is 1. The van der Waals surface area contributed by atoms with E-state index >= 15 is 0 Å². The SMILES string of the molecule is CC1CCC(C)C(NC2CCCN(C(=O)OC(C)(C)C)C2C)C1. The van der Waals surface area contributed by atoms with Crippen LogP contribution in [0.1, 0.15) is 73.6 Å². The standard InChI is InChI=1S/C19H36N2O2/c1-13-9-10-14(2)17(12-13)20-16-8-7-11-21(15(16)3)18(22)23-19(4,5)6/h13-17,20H,7-12H2,1-6H3. The average molecular weight is 325 g/mol. The van der Waals surface area contributed by atoms with Gasteiger partial charge in [0.1, 0.15) is 5.60 Å². The Kier molecular flexibility index (Phi) is 5.99. The van der Waals surface area contributed by atoms with E-state index in [1.165, 1.54) is 19.3 Å². The number of hydrogen-bond donors (Lipinski definition) is 1. The van der Waals surface area contributed by atoms with Crippen LogP contribution in [0.25, 0.3) is 0 Å². The zero-order chi connectivity index (χ0) is 17.2. The topological polar surface area (TPSA) is 41.6 Å². The van der Waals surface area contributed by atoms with Crippen molar-refractivity contribution in [3.63, 3.8) is 0 Å². The second-order valence-electron chi connectivity index (χ2n) is 8.83. The van der Waals surface area contributed by atoms with Crippen molar-refractivity contribution in [2.45, 2.75) is 97.4 Å². The number of ether oxygens (including phenoxy) is 1. The van der Waals surface area contributed by atoms with Gasteiger partial charge < -0.3 is 15.0 Å². The highest BCUT2D eigenvalue weighted by atomic mass is 16.6. The van der Waals surface area contributed by atoms with Gasteiger partial charge in [-0.05, 0) is 65.2 Å². The molecule has 1 aliphatic heterocycles. The third-order valence-electron chi connectivity index (χ3n) is 5.50. The fourth-order valence-corrected chi connectivity index (χ4v) is 3.98. The van der Waals surface area contributed by atoms with E-state index in [0.717, 1.165) is 31.2 Å². The molecule has 2 fully saturated rings. The Morgan fingerprint density at radius 2 is 1.78 bits per heavy atom. The monoisotopic (exact) mass is 324 g/mol. The van der Waals surface area contributed by atoms with Gasteiger partial charge in [0.15, 0.2) is 0 Å². The number of nitrogens with one attached hydrogen (secondary N) is 1. The second-order valence-corrected chi connectivity index (χ2v) is 8.83. The largest absolute Gasteiger partial charge is 0.444 e. The molecule has 1 N–H and O–H groups in total. The molecule has 23 heavy (non-hydrogen) atoms. The predicted molar refractivity (Wildman–Crippen MR) is 94.5 cm³/mol. The summed E-state index contributed by atoms with van der Waals surface area (Å²) in [6.07, 6.45) is 5.97. The van der Waals surface area contributed by atoms with Crippen LogP contribution in [0.15, 0.2) is 0 Å². The number of rotatable bonds is 2. The molecule has 2 aliphatic rings. The molecule has 4 heteroatoms. The van der Waals surface area contributed by atoms with Crippen molar-refractivity contribution >= 4 is 6.09 Å². The van der Waals surface area contributed by atoms with E-state index in [0.29, 0.717) is 12.1 Å². The molecule has 1 saturated carbocycles. The summed E-state index contributed by atoms with van der Waals surface area (Å²) in [5.74, 6) is 1.54. The molecule has 4 nitrogen and oxygen atoms in total. The van der Waals surface area contributed by atoms with Crippen LogP contribution < -0.4 is 5.32 Å².